The number of rotatable bonds is 5. The van der Waals surface area contributed by atoms with Crippen molar-refractivity contribution in [1.82, 2.24) is 4.98 Å². The summed E-state index contributed by atoms with van der Waals surface area (Å²) in [7, 11) is 0. The lowest BCUT2D eigenvalue weighted by atomic mass is 10.1. The Labute approximate surface area is 112 Å². The van der Waals surface area contributed by atoms with Crippen molar-refractivity contribution in [3.63, 3.8) is 0 Å². The molecule has 4 heteroatoms. The molecule has 2 N–H and O–H groups in total. The van der Waals surface area contributed by atoms with E-state index in [1.165, 1.54) is 0 Å². The molecule has 1 unspecified atom stereocenters. The van der Waals surface area contributed by atoms with Crippen LogP contribution in [0.2, 0.25) is 5.02 Å². The van der Waals surface area contributed by atoms with Crippen LogP contribution in [-0.2, 0) is 6.42 Å². The van der Waals surface area contributed by atoms with Gasteiger partial charge >= 0.3 is 0 Å². The van der Waals surface area contributed by atoms with Gasteiger partial charge in [0, 0.05) is 23.5 Å². The van der Waals surface area contributed by atoms with Gasteiger partial charge in [0.15, 0.2) is 0 Å². The molecule has 2 rings (SSSR count). The number of nitrogens with zero attached hydrogens (tertiary/aromatic N) is 1. The summed E-state index contributed by atoms with van der Waals surface area (Å²) >= 11 is 5.80. The van der Waals surface area contributed by atoms with Gasteiger partial charge in [0.2, 0.25) is 0 Å². The first-order valence-electron chi connectivity index (χ1n) is 5.77. The highest BCUT2D eigenvalue weighted by molar-refractivity contribution is 6.30. The van der Waals surface area contributed by atoms with Crippen LogP contribution in [0.1, 0.15) is 5.56 Å². The molecule has 1 aromatic carbocycles. The van der Waals surface area contributed by atoms with Gasteiger partial charge in [-0.15, -0.1) is 0 Å². The van der Waals surface area contributed by atoms with E-state index >= 15 is 0 Å². The Morgan fingerprint density at radius 2 is 1.78 bits per heavy atom. The van der Waals surface area contributed by atoms with E-state index in [0.717, 1.165) is 17.7 Å². The van der Waals surface area contributed by atoms with Gasteiger partial charge in [-0.1, -0.05) is 11.6 Å². The molecule has 1 heterocycles. The van der Waals surface area contributed by atoms with E-state index in [2.05, 4.69) is 4.98 Å². The van der Waals surface area contributed by atoms with Gasteiger partial charge in [-0.3, -0.25) is 4.98 Å². The van der Waals surface area contributed by atoms with Gasteiger partial charge in [0.1, 0.15) is 12.4 Å². The van der Waals surface area contributed by atoms with Gasteiger partial charge in [-0.05, 0) is 48.4 Å². The van der Waals surface area contributed by atoms with E-state index in [0.29, 0.717) is 11.6 Å². The average molecular weight is 263 g/mol. The van der Waals surface area contributed by atoms with Crippen molar-refractivity contribution in [2.45, 2.75) is 12.5 Å². The standard InChI is InChI=1S/C14H15ClN2O/c15-12-1-3-14(4-2-12)18-10-13(16)9-11-5-7-17-8-6-11/h1-8,13H,9-10,16H2. The van der Waals surface area contributed by atoms with Gasteiger partial charge in [-0.25, -0.2) is 0 Å². The van der Waals surface area contributed by atoms with Crippen LogP contribution in [0, 0.1) is 0 Å². The van der Waals surface area contributed by atoms with Gasteiger partial charge in [-0.2, -0.15) is 0 Å². The number of pyridine rings is 1. The molecule has 0 saturated heterocycles. The second kappa shape index (κ2) is 6.38. The molecular weight excluding hydrogens is 248 g/mol. The van der Waals surface area contributed by atoms with Crippen LogP contribution in [0.3, 0.4) is 0 Å². The molecule has 0 amide bonds. The first-order chi connectivity index (χ1) is 8.74. The molecule has 0 spiro atoms. The third-order valence-corrected chi connectivity index (χ3v) is 2.78. The normalized spacial score (nSPS) is 12.1. The molecule has 1 atom stereocenters. The van der Waals surface area contributed by atoms with Crippen LogP contribution >= 0.6 is 11.6 Å². The minimum atomic E-state index is -0.0388. The number of benzene rings is 1. The van der Waals surface area contributed by atoms with Crippen molar-refractivity contribution < 1.29 is 4.74 Å². The van der Waals surface area contributed by atoms with Gasteiger partial charge < -0.3 is 10.5 Å². The quantitative estimate of drug-likeness (QED) is 0.901. The first-order valence-corrected chi connectivity index (χ1v) is 6.14. The highest BCUT2D eigenvalue weighted by atomic mass is 35.5. The van der Waals surface area contributed by atoms with Crippen LogP contribution in [0.4, 0.5) is 0 Å². The van der Waals surface area contributed by atoms with Crippen LogP contribution in [0.15, 0.2) is 48.8 Å². The minimum Gasteiger partial charge on any atom is -0.492 e. The lowest BCUT2D eigenvalue weighted by Gasteiger charge is -2.13. The summed E-state index contributed by atoms with van der Waals surface area (Å²) in [6.45, 7) is 0.476. The van der Waals surface area contributed by atoms with Crippen molar-refractivity contribution in [3.8, 4) is 5.75 Å². The molecule has 0 aliphatic heterocycles. The van der Waals surface area contributed by atoms with Gasteiger partial charge in [0.25, 0.3) is 0 Å². The molecule has 0 radical (unpaired) electrons. The number of aromatic nitrogens is 1. The minimum absolute atomic E-state index is 0.0388. The SMILES string of the molecule is NC(COc1ccc(Cl)cc1)Cc1ccncc1. The zero-order chi connectivity index (χ0) is 12.8. The Hall–Kier alpha value is -1.58. The number of hydrogen-bond acceptors (Lipinski definition) is 3. The molecule has 2 aromatic rings. The van der Waals surface area contributed by atoms with Crippen LogP contribution < -0.4 is 10.5 Å². The number of ether oxygens (including phenoxy) is 1. The van der Waals surface area contributed by atoms with E-state index < -0.39 is 0 Å². The number of nitrogens with two attached hydrogens (primary N) is 1. The molecule has 0 fully saturated rings. The lowest BCUT2D eigenvalue weighted by Crippen LogP contribution is -2.30. The molecule has 0 aliphatic rings. The fraction of sp³-hybridized carbons (Fsp3) is 0.214. The molecule has 0 bridgehead atoms. The second-order valence-corrected chi connectivity index (χ2v) is 4.52. The summed E-state index contributed by atoms with van der Waals surface area (Å²) in [6.07, 6.45) is 4.31. The Bertz CT molecular complexity index is 473. The van der Waals surface area contributed by atoms with Crippen molar-refractivity contribution >= 4 is 11.6 Å². The third kappa shape index (κ3) is 4.02. The molecule has 0 saturated carbocycles. The van der Waals surface area contributed by atoms with Crippen LogP contribution in [0.5, 0.6) is 5.75 Å². The zero-order valence-corrected chi connectivity index (χ0v) is 10.7. The number of halogens is 1. The molecule has 18 heavy (non-hydrogen) atoms. The topological polar surface area (TPSA) is 48.1 Å². The average Bonchev–Trinajstić information content (AvgIpc) is 2.39. The van der Waals surface area contributed by atoms with E-state index in [4.69, 9.17) is 22.1 Å². The predicted molar refractivity (Wildman–Crippen MR) is 72.9 cm³/mol. The van der Waals surface area contributed by atoms with E-state index in [9.17, 15) is 0 Å². The fourth-order valence-corrected chi connectivity index (χ4v) is 1.74. The van der Waals surface area contributed by atoms with E-state index in [1.807, 2.05) is 24.3 Å². The maximum atomic E-state index is 6.01. The molecular formula is C14H15ClN2O. The summed E-state index contributed by atoms with van der Waals surface area (Å²) in [6, 6.07) is 11.1. The summed E-state index contributed by atoms with van der Waals surface area (Å²) in [5, 5.41) is 0.698. The second-order valence-electron chi connectivity index (χ2n) is 4.08. The summed E-state index contributed by atoms with van der Waals surface area (Å²) in [5.41, 5.74) is 7.18. The summed E-state index contributed by atoms with van der Waals surface area (Å²) in [5.74, 6) is 0.782. The third-order valence-electron chi connectivity index (χ3n) is 2.52. The van der Waals surface area contributed by atoms with Crippen LogP contribution in [0.25, 0.3) is 0 Å². The van der Waals surface area contributed by atoms with E-state index in [1.54, 1.807) is 24.5 Å². The predicted octanol–water partition coefficient (Wildman–Crippen LogP) is 2.68. The van der Waals surface area contributed by atoms with E-state index in [-0.39, 0.29) is 6.04 Å². The monoisotopic (exact) mass is 262 g/mol. The number of hydrogen-bond donors (Lipinski definition) is 1. The largest absolute Gasteiger partial charge is 0.492 e. The van der Waals surface area contributed by atoms with Crippen molar-refractivity contribution in [1.29, 1.82) is 0 Å². The smallest absolute Gasteiger partial charge is 0.119 e. The summed E-state index contributed by atoms with van der Waals surface area (Å²) in [4.78, 5) is 3.97. The lowest BCUT2D eigenvalue weighted by molar-refractivity contribution is 0.287. The molecule has 94 valence electrons. The van der Waals surface area contributed by atoms with Crippen molar-refractivity contribution in [2.24, 2.45) is 5.73 Å². The molecule has 3 nitrogen and oxygen atoms in total. The first kappa shape index (κ1) is 12.9. The van der Waals surface area contributed by atoms with Gasteiger partial charge in [0.05, 0.1) is 0 Å². The maximum Gasteiger partial charge on any atom is 0.119 e. The van der Waals surface area contributed by atoms with Crippen molar-refractivity contribution in [3.05, 3.63) is 59.4 Å². The summed E-state index contributed by atoms with van der Waals surface area (Å²) < 4.78 is 5.60. The Balaban J connectivity index is 1.81. The highest BCUT2D eigenvalue weighted by Gasteiger charge is 2.05. The Morgan fingerprint density at radius 3 is 2.44 bits per heavy atom. The Kier molecular flexibility index (Phi) is 4.56. The molecule has 0 aliphatic carbocycles. The van der Waals surface area contributed by atoms with Crippen LogP contribution in [-0.4, -0.2) is 17.6 Å². The zero-order valence-electron chi connectivity index (χ0n) is 9.92. The Morgan fingerprint density at radius 1 is 1.11 bits per heavy atom. The maximum absolute atomic E-state index is 6.01. The molecule has 1 aromatic heterocycles. The van der Waals surface area contributed by atoms with Crippen molar-refractivity contribution in [2.75, 3.05) is 6.61 Å². The fourth-order valence-electron chi connectivity index (χ4n) is 1.61. The highest BCUT2D eigenvalue weighted by Crippen LogP contribution is 2.15.